The lowest BCUT2D eigenvalue weighted by molar-refractivity contribution is 0.397. The Morgan fingerprint density at radius 3 is 3.24 bits per heavy atom. The summed E-state index contributed by atoms with van der Waals surface area (Å²) in [6.07, 6.45) is 3.36. The molecule has 0 spiro atoms. The van der Waals surface area contributed by atoms with E-state index in [1.54, 1.807) is 11.3 Å². The summed E-state index contributed by atoms with van der Waals surface area (Å²) < 4.78 is 2.20. The second kappa shape index (κ2) is 4.40. The first-order chi connectivity index (χ1) is 8.24. The molecule has 0 aromatic carbocycles. The number of fused-ring (bicyclic) bond motifs is 1. The molecular formula is C12H18N4S. The molecule has 0 bridgehead atoms. The average Bonchev–Trinajstić information content (AvgIpc) is 2.93. The van der Waals surface area contributed by atoms with E-state index in [9.17, 15) is 0 Å². The molecule has 2 aromatic rings. The number of likely N-dealkylation sites (N-methyl/N-ethyl adjacent to an activating group) is 1. The average molecular weight is 250 g/mol. The summed E-state index contributed by atoms with van der Waals surface area (Å²) in [5, 5.41) is 5.73. The third kappa shape index (κ3) is 2.10. The molecule has 3 heterocycles. The maximum atomic E-state index is 4.56. The summed E-state index contributed by atoms with van der Waals surface area (Å²) in [6, 6.07) is 0.628. The normalized spacial score (nSPS) is 21.6. The minimum absolute atomic E-state index is 0.628. The largest absolute Gasteiger partial charge is 0.307 e. The zero-order valence-electron chi connectivity index (χ0n) is 10.3. The van der Waals surface area contributed by atoms with Crippen molar-refractivity contribution < 1.29 is 0 Å². The Kier molecular flexibility index (Phi) is 2.90. The minimum Gasteiger partial charge on any atom is -0.307 e. The fourth-order valence-corrected chi connectivity index (χ4v) is 3.27. The standard InChI is InChI=1S/C12H18N4S/c1-9-11(16-5-6-17-12(16)14-9)7-13-10-3-4-15(2)8-10/h5-6,10,13H,3-4,7-8H2,1-2H3. The van der Waals surface area contributed by atoms with Gasteiger partial charge < -0.3 is 10.2 Å². The molecule has 1 aliphatic rings. The molecule has 1 aliphatic heterocycles. The number of hydrogen-bond acceptors (Lipinski definition) is 4. The molecule has 2 aromatic heterocycles. The zero-order chi connectivity index (χ0) is 11.8. The fraction of sp³-hybridized carbons (Fsp3) is 0.583. The van der Waals surface area contributed by atoms with E-state index in [0.29, 0.717) is 6.04 Å². The molecule has 3 rings (SSSR count). The Morgan fingerprint density at radius 2 is 2.47 bits per heavy atom. The molecule has 92 valence electrons. The lowest BCUT2D eigenvalue weighted by atomic mass is 10.2. The van der Waals surface area contributed by atoms with E-state index >= 15 is 0 Å². The van der Waals surface area contributed by atoms with Crippen molar-refractivity contribution in [2.24, 2.45) is 0 Å². The van der Waals surface area contributed by atoms with E-state index in [1.807, 2.05) is 0 Å². The third-order valence-electron chi connectivity index (χ3n) is 3.51. The highest BCUT2D eigenvalue weighted by molar-refractivity contribution is 7.15. The van der Waals surface area contributed by atoms with Crippen LogP contribution in [0.3, 0.4) is 0 Å². The summed E-state index contributed by atoms with van der Waals surface area (Å²) in [4.78, 5) is 8.04. The van der Waals surface area contributed by atoms with Gasteiger partial charge in [-0.25, -0.2) is 4.98 Å². The lowest BCUT2D eigenvalue weighted by Crippen LogP contribution is -2.31. The molecule has 1 unspecified atom stereocenters. The van der Waals surface area contributed by atoms with Crippen LogP contribution in [0.2, 0.25) is 0 Å². The predicted molar refractivity (Wildman–Crippen MR) is 70.5 cm³/mol. The monoisotopic (exact) mass is 250 g/mol. The van der Waals surface area contributed by atoms with Crippen LogP contribution in [-0.2, 0) is 6.54 Å². The summed E-state index contributed by atoms with van der Waals surface area (Å²) in [5.74, 6) is 0. The van der Waals surface area contributed by atoms with Crippen molar-refractivity contribution in [2.75, 3.05) is 20.1 Å². The highest BCUT2D eigenvalue weighted by Crippen LogP contribution is 2.17. The molecule has 0 radical (unpaired) electrons. The van der Waals surface area contributed by atoms with Gasteiger partial charge in [0, 0.05) is 30.7 Å². The van der Waals surface area contributed by atoms with Gasteiger partial charge in [0.25, 0.3) is 0 Å². The molecule has 1 atom stereocenters. The van der Waals surface area contributed by atoms with Crippen molar-refractivity contribution in [3.63, 3.8) is 0 Å². The SMILES string of the molecule is Cc1nc2sccn2c1CNC1CCN(C)C1. The molecule has 1 saturated heterocycles. The van der Waals surface area contributed by atoms with Crippen LogP contribution < -0.4 is 5.32 Å². The van der Waals surface area contributed by atoms with E-state index in [1.165, 1.54) is 18.7 Å². The molecule has 4 nitrogen and oxygen atoms in total. The summed E-state index contributed by atoms with van der Waals surface area (Å²) in [5.41, 5.74) is 2.45. The van der Waals surface area contributed by atoms with Crippen molar-refractivity contribution in [1.29, 1.82) is 0 Å². The third-order valence-corrected chi connectivity index (χ3v) is 4.27. The van der Waals surface area contributed by atoms with Crippen molar-refractivity contribution in [3.8, 4) is 0 Å². The number of nitrogens with zero attached hydrogens (tertiary/aromatic N) is 3. The van der Waals surface area contributed by atoms with Crippen molar-refractivity contribution in [1.82, 2.24) is 19.6 Å². The van der Waals surface area contributed by atoms with Crippen LogP contribution in [-0.4, -0.2) is 40.5 Å². The Bertz CT molecular complexity index is 516. The topological polar surface area (TPSA) is 32.6 Å². The second-order valence-corrected chi connectivity index (χ2v) is 5.70. The highest BCUT2D eigenvalue weighted by Gasteiger charge is 2.19. The molecule has 0 aliphatic carbocycles. The van der Waals surface area contributed by atoms with E-state index in [-0.39, 0.29) is 0 Å². The van der Waals surface area contributed by atoms with E-state index in [2.05, 4.69) is 45.1 Å². The summed E-state index contributed by atoms with van der Waals surface area (Å²) in [7, 11) is 2.18. The summed E-state index contributed by atoms with van der Waals surface area (Å²) in [6.45, 7) is 5.38. The lowest BCUT2D eigenvalue weighted by Gasteiger charge is -2.12. The second-order valence-electron chi connectivity index (χ2n) is 4.83. The van der Waals surface area contributed by atoms with Crippen molar-refractivity contribution in [2.45, 2.75) is 25.9 Å². The number of likely N-dealkylation sites (tertiary alicyclic amines) is 1. The van der Waals surface area contributed by atoms with Crippen LogP contribution in [0.5, 0.6) is 0 Å². The number of imidazole rings is 1. The molecule has 1 N–H and O–H groups in total. The molecule has 0 saturated carbocycles. The van der Waals surface area contributed by atoms with Gasteiger partial charge in [-0.15, -0.1) is 11.3 Å². The van der Waals surface area contributed by atoms with Gasteiger partial charge in [-0.2, -0.15) is 0 Å². The van der Waals surface area contributed by atoms with Gasteiger partial charge in [-0.05, 0) is 26.9 Å². The number of rotatable bonds is 3. The predicted octanol–water partition coefficient (Wildman–Crippen LogP) is 1.50. The zero-order valence-corrected chi connectivity index (χ0v) is 11.1. The molecule has 1 fully saturated rings. The van der Waals surface area contributed by atoms with Crippen LogP contribution in [0.15, 0.2) is 11.6 Å². The van der Waals surface area contributed by atoms with Crippen LogP contribution in [0, 0.1) is 6.92 Å². The maximum absolute atomic E-state index is 4.56. The Hall–Kier alpha value is -0.910. The first-order valence-electron chi connectivity index (χ1n) is 6.07. The van der Waals surface area contributed by atoms with Crippen molar-refractivity contribution >= 4 is 16.3 Å². The van der Waals surface area contributed by atoms with Gasteiger partial charge in [-0.3, -0.25) is 4.40 Å². The van der Waals surface area contributed by atoms with Gasteiger partial charge in [-0.1, -0.05) is 0 Å². The van der Waals surface area contributed by atoms with Gasteiger partial charge in [0.2, 0.25) is 0 Å². The van der Waals surface area contributed by atoms with Gasteiger partial charge in [0.1, 0.15) is 0 Å². The quantitative estimate of drug-likeness (QED) is 0.896. The van der Waals surface area contributed by atoms with E-state index in [0.717, 1.165) is 23.7 Å². The first kappa shape index (κ1) is 11.2. The molecular weight excluding hydrogens is 232 g/mol. The van der Waals surface area contributed by atoms with Crippen LogP contribution in [0.4, 0.5) is 0 Å². The molecule has 5 heteroatoms. The van der Waals surface area contributed by atoms with Crippen LogP contribution in [0.25, 0.3) is 4.96 Å². The Balaban J connectivity index is 1.72. The van der Waals surface area contributed by atoms with E-state index < -0.39 is 0 Å². The van der Waals surface area contributed by atoms with Crippen LogP contribution >= 0.6 is 11.3 Å². The van der Waals surface area contributed by atoms with Crippen LogP contribution in [0.1, 0.15) is 17.8 Å². The number of nitrogens with one attached hydrogen (secondary N) is 1. The van der Waals surface area contributed by atoms with Gasteiger partial charge in [0.05, 0.1) is 11.4 Å². The minimum atomic E-state index is 0.628. The van der Waals surface area contributed by atoms with Crippen molar-refractivity contribution in [3.05, 3.63) is 23.0 Å². The van der Waals surface area contributed by atoms with E-state index in [4.69, 9.17) is 0 Å². The fourth-order valence-electron chi connectivity index (χ4n) is 2.50. The highest BCUT2D eigenvalue weighted by atomic mass is 32.1. The maximum Gasteiger partial charge on any atom is 0.194 e. The molecule has 0 amide bonds. The summed E-state index contributed by atoms with van der Waals surface area (Å²) >= 11 is 1.70. The first-order valence-corrected chi connectivity index (χ1v) is 6.95. The number of hydrogen-bond donors (Lipinski definition) is 1. The van der Waals surface area contributed by atoms with Gasteiger partial charge >= 0.3 is 0 Å². The number of thiazole rings is 1. The Labute approximate surface area is 105 Å². The molecule has 17 heavy (non-hydrogen) atoms. The van der Waals surface area contributed by atoms with Gasteiger partial charge in [0.15, 0.2) is 4.96 Å². The number of aryl methyl sites for hydroxylation is 1. The Morgan fingerprint density at radius 1 is 1.59 bits per heavy atom. The smallest absolute Gasteiger partial charge is 0.194 e. The number of aromatic nitrogens is 2.